The molecular weight excluding hydrogens is 130 g/mol. The first-order valence-electron chi connectivity index (χ1n) is 3.74. The smallest absolute Gasteiger partial charge is 0.410 e. The van der Waals surface area contributed by atoms with Gasteiger partial charge in [0.15, 0.2) is 0 Å². The number of nitrogens with zero attached hydrogens (tertiary/aromatic N) is 1. The number of carbonyl (C=O) groups excluding carboxylic acids is 1. The van der Waals surface area contributed by atoms with Crippen molar-refractivity contribution >= 4 is 6.09 Å². The summed E-state index contributed by atoms with van der Waals surface area (Å²) in [7, 11) is 0. The van der Waals surface area contributed by atoms with E-state index in [1.807, 2.05) is 4.90 Å². The highest BCUT2D eigenvalue weighted by Crippen LogP contribution is 2.28. The minimum absolute atomic E-state index is 0.116. The van der Waals surface area contributed by atoms with Gasteiger partial charge in [0.25, 0.3) is 0 Å². The van der Waals surface area contributed by atoms with E-state index in [0.29, 0.717) is 18.7 Å². The Kier molecular flexibility index (Phi) is 1.13. The molecule has 0 saturated carbocycles. The van der Waals surface area contributed by atoms with Gasteiger partial charge in [-0.3, -0.25) is 4.90 Å². The topological polar surface area (TPSA) is 29.5 Å². The average Bonchev–Trinajstić information content (AvgIpc) is 2.40. The number of hydrogen-bond donors (Lipinski definition) is 0. The molecule has 1 amide bonds. The van der Waals surface area contributed by atoms with E-state index in [1.54, 1.807) is 0 Å². The molecule has 2 aliphatic rings. The summed E-state index contributed by atoms with van der Waals surface area (Å²) < 4.78 is 4.88. The molecule has 0 aromatic rings. The van der Waals surface area contributed by atoms with Crippen LogP contribution in [0.5, 0.6) is 0 Å². The van der Waals surface area contributed by atoms with E-state index in [-0.39, 0.29) is 6.09 Å². The summed E-state index contributed by atoms with van der Waals surface area (Å²) in [6.07, 6.45) is 2.14. The Morgan fingerprint density at radius 1 is 1.60 bits per heavy atom. The van der Waals surface area contributed by atoms with Crippen molar-refractivity contribution < 1.29 is 9.53 Å². The summed E-state index contributed by atoms with van der Waals surface area (Å²) in [4.78, 5) is 12.8. The molecule has 0 spiro atoms. The molecule has 0 bridgehead atoms. The summed E-state index contributed by atoms with van der Waals surface area (Å²) in [5.41, 5.74) is 0. The second-order valence-electron chi connectivity index (χ2n) is 3.06. The third-order valence-corrected chi connectivity index (χ3v) is 2.40. The standard InChI is InChI=1S/C7H11NO2/c1-5-2-3-6-4-10-7(9)8(5)6/h5-6H,2-4H2,1H3/t5?,6-/m0/s1. The highest BCUT2D eigenvalue weighted by atomic mass is 16.6. The second kappa shape index (κ2) is 1.87. The fourth-order valence-electron chi connectivity index (χ4n) is 1.81. The third-order valence-electron chi connectivity index (χ3n) is 2.40. The van der Waals surface area contributed by atoms with Crippen molar-refractivity contribution in [2.75, 3.05) is 6.61 Å². The zero-order valence-corrected chi connectivity index (χ0v) is 6.04. The van der Waals surface area contributed by atoms with Gasteiger partial charge < -0.3 is 4.74 Å². The molecule has 56 valence electrons. The van der Waals surface area contributed by atoms with E-state index < -0.39 is 0 Å². The zero-order chi connectivity index (χ0) is 7.14. The number of carbonyl (C=O) groups is 1. The van der Waals surface area contributed by atoms with E-state index >= 15 is 0 Å². The van der Waals surface area contributed by atoms with E-state index in [1.165, 1.54) is 0 Å². The molecule has 2 rings (SSSR count). The fraction of sp³-hybridized carbons (Fsp3) is 0.857. The van der Waals surface area contributed by atoms with Crippen LogP contribution >= 0.6 is 0 Å². The number of hydrogen-bond acceptors (Lipinski definition) is 2. The lowest BCUT2D eigenvalue weighted by atomic mass is 10.2. The van der Waals surface area contributed by atoms with Crippen LogP contribution in [0.1, 0.15) is 19.8 Å². The van der Waals surface area contributed by atoms with Crippen molar-refractivity contribution in [1.29, 1.82) is 0 Å². The molecule has 0 radical (unpaired) electrons. The van der Waals surface area contributed by atoms with Crippen LogP contribution < -0.4 is 0 Å². The summed E-state index contributed by atoms with van der Waals surface area (Å²) in [5, 5.41) is 0. The summed E-state index contributed by atoms with van der Waals surface area (Å²) in [6, 6.07) is 0.794. The number of cyclic esters (lactones) is 1. The van der Waals surface area contributed by atoms with Crippen molar-refractivity contribution in [3.8, 4) is 0 Å². The molecule has 1 unspecified atom stereocenters. The van der Waals surface area contributed by atoms with E-state index in [0.717, 1.165) is 12.8 Å². The van der Waals surface area contributed by atoms with Crippen LogP contribution in [-0.2, 0) is 4.74 Å². The van der Waals surface area contributed by atoms with Crippen molar-refractivity contribution in [3.05, 3.63) is 0 Å². The van der Waals surface area contributed by atoms with Crippen molar-refractivity contribution in [3.63, 3.8) is 0 Å². The van der Waals surface area contributed by atoms with Crippen LogP contribution in [0, 0.1) is 0 Å². The lowest BCUT2D eigenvalue weighted by Gasteiger charge is -2.16. The molecule has 2 aliphatic heterocycles. The molecule has 10 heavy (non-hydrogen) atoms. The average molecular weight is 141 g/mol. The molecule has 3 nitrogen and oxygen atoms in total. The molecule has 0 aromatic heterocycles. The van der Waals surface area contributed by atoms with Gasteiger partial charge in [-0.2, -0.15) is 0 Å². The number of rotatable bonds is 0. The molecule has 0 aliphatic carbocycles. The number of amides is 1. The molecule has 2 heterocycles. The molecule has 3 heteroatoms. The normalized spacial score (nSPS) is 38.1. The van der Waals surface area contributed by atoms with Crippen LogP contribution in [0.2, 0.25) is 0 Å². The Morgan fingerprint density at radius 2 is 2.40 bits per heavy atom. The maximum atomic E-state index is 11.0. The first kappa shape index (κ1) is 6.01. The predicted molar refractivity (Wildman–Crippen MR) is 35.7 cm³/mol. The monoisotopic (exact) mass is 141 g/mol. The lowest BCUT2D eigenvalue weighted by Crippen LogP contribution is -2.32. The van der Waals surface area contributed by atoms with Gasteiger partial charge in [0.1, 0.15) is 6.61 Å². The van der Waals surface area contributed by atoms with E-state index in [9.17, 15) is 4.79 Å². The fourth-order valence-corrected chi connectivity index (χ4v) is 1.81. The van der Waals surface area contributed by atoms with Crippen molar-refractivity contribution in [2.45, 2.75) is 31.8 Å². The van der Waals surface area contributed by atoms with Crippen LogP contribution in [0.25, 0.3) is 0 Å². The van der Waals surface area contributed by atoms with Gasteiger partial charge in [-0.1, -0.05) is 0 Å². The van der Waals surface area contributed by atoms with E-state index in [2.05, 4.69) is 6.92 Å². The first-order valence-corrected chi connectivity index (χ1v) is 3.74. The molecule has 2 saturated heterocycles. The first-order chi connectivity index (χ1) is 4.79. The quantitative estimate of drug-likeness (QED) is 0.503. The molecule has 0 aromatic carbocycles. The summed E-state index contributed by atoms with van der Waals surface area (Å²) in [5.74, 6) is 0. The van der Waals surface area contributed by atoms with Gasteiger partial charge in [0.05, 0.1) is 6.04 Å². The molecule has 2 atom stereocenters. The highest BCUT2D eigenvalue weighted by Gasteiger charge is 2.40. The number of fused-ring (bicyclic) bond motifs is 1. The van der Waals surface area contributed by atoms with Gasteiger partial charge >= 0.3 is 6.09 Å². The van der Waals surface area contributed by atoms with E-state index in [4.69, 9.17) is 4.74 Å². The van der Waals surface area contributed by atoms with Crippen molar-refractivity contribution in [2.24, 2.45) is 0 Å². The summed E-state index contributed by atoms with van der Waals surface area (Å²) >= 11 is 0. The third kappa shape index (κ3) is 0.632. The Morgan fingerprint density at radius 3 is 3.10 bits per heavy atom. The van der Waals surface area contributed by atoms with Crippen LogP contribution in [-0.4, -0.2) is 29.7 Å². The second-order valence-corrected chi connectivity index (χ2v) is 3.06. The Balaban J connectivity index is 2.19. The number of ether oxygens (including phenoxy) is 1. The summed E-state index contributed by atoms with van der Waals surface area (Å²) in [6.45, 7) is 2.69. The largest absolute Gasteiger partial charge is 0.447 e. The van der Waals surface area contributed by atoms with Crippen LogP contribution in [0.4, 0.5) is 4.79 Å². The lowest BCUT2D eigenvalue weighted by molar-refractivity contribution is 0.151. The maximum Gasteiger partial charge on any atom is 0.410 e. The van der Waals surface area contributed by atoms with Gasteiger partial charge in [-0.15, -0.1) is 0 Å². The predicted octanol–water partition coefficient (Wildman–Crippen LogP) is 0.990. The van der Waals surface area contributed by atoms with Gasteiger partial charge in [0.2, 0.25) is 0 Å². The highest BCUT2D eigenvalue weighted by molar-refractivity contribution is 5.70. The van der Waals surface area contributed by atoms with Gasteiger partial charge in [-0.05, 0) is 19.8 Å². The minimum atomic E-state index is -0.116. The van der Waals surface area contributed by atoms with Crippen molar-refractivity contribution in [1.82, 2.24) is 4.90 Å². The maximum absolute atomic E-state index is 11.0. The van der Waals surface area contributed by atoms with Crippen LogP contribution in [0.3, 0.4) is 0 Å². The Hall–Kier alpha value is -0.730. The van der Waals surface area contributed by atoms with Gasteiger partial charge in [0, 0.05) is 6.04 Å². The van der Waals surface area contributed by atoms with Gasteiger partial charge in [-0.25, -0.2) is 4.79 Å². The SMILES string of the molecule is CC1CC[C@H]2COC(=O)N12. The minimum Gasteiger partial charge on any atom is -0.447 e. The Bertz CT molecular complexity index is 169. The molecular formula is C7H11NO2. The molecule has 0 N–H and O–H groups in total. The van der Waals surface area contributed by atoms with Crippen LogP contribution in [0.15, 0.2) is 0 Å². The molecule has 2 fully saturated rings. The Labute approximate surface area is 60.0 Å². The zero-order valence-electron chi connectivity index (χ0n) is 6.04.